The summed E-state index contributed by atoms with van der Waals surface area (Å²) in [5.41, 5.74) is 2.44. The van der Waals surface area contributed by atoms with Gasteiger partial charge in [0.2, 0.25) is 11.8 Å². The van der Waals surface area contributed by atoms with Gasteiger partial charge < -0.3 is 15.4 Å². The lowest BCUT2D eigenvalue weighted by atomic mass is 10.1. The number of H-pyrrole nitrogens is 1. The summed E-state index contributed by atoms with van der Waals surface area (Å²) in [6.07, 6.45) is 7.60. The molecule has 2 aromatic rings. The average Bonchev–Trinajstić information content (AvgIpc) is 3.07. The van der Waals surface area contributed by atoms with Gasteiger partial charge in [0.25, 0.3) is 0 Å². The first-order chi connectivity index (χ1) is 9.79. The molecule has 0 bridgehead atoms. The minimum atomic E-state index is -0.00797. The zero-order valence-electron chi connectivity index (χ0n) is 11.5. The van der Waals surface area contributed by atoms with Crippen molar-refractivity contribution in [2.75, 3.05) is 5.32 Å². The largest absolute Gasteiger partial charge is 0.492 e. The lowest BCUT2D eigenvalue weighted by Crippen LogP contribution is -2.01. The molecule has 1 aliphatic carbocycles. The Morgan fingerprint density at radius 3 is 2.91 bits per heavy atom. The number of hydrogen-bond donors (Lipinski definition) is 3. The van der Waals surface area contributed by atoms with Crippen LogP contribution in [-0.2, 0) is 0 Å². The van der Waals surface area contributed by atoms with Crippen molar-refractivity contribution in [3.63, 3.8) is 0 Å². The molecular weight excluding hydrogens is 325 g/mol. The number of pyridine rings is 1. The summed E-state index contributed by atoms with van der Waals surface area (Å²) < 4.78 is 0. The fourth-order valence-electron chi connectivity index (χ4n) is 2.16. The number of hydrogen-bond acceptors (Lipinski definition) is 5. The maximum absolute atomic E-state index is 9.89. The Hall–Kier alpha value is -2.05. The topological polar surface area (TPSA) is 86.2 Å². The first-order valence-corrected chi connectivity index (χ1v) is 6.56. The predicted octanol–water partition coefficient (Wildman–Crippen LogP) is 3.18. The maximum Gasteiger partial charge on any atom is 0.238 e. The Morgan fingerprint density at radius 2 is 2.14 bits per heavy atom. The molecule has 2 aliphatic rings. The SMILES string of the molecule is Cl.Cl.Oc1nc(NC2CC2)[nH]c1/C=C1\C=Nc2ncccc21. The number of aromatic amines is 1. The molecule has 6 nitrogen and oxygen atoms in total. The number of allylic oxidation sites excluding steroid dienone is 1. The van der Waals surface area contributed by atoms with Crippen molar-refractivity contribution >= 4 is 54.4 Å². The fraction of sp³-hybridized carbons (Fsp3) is 0.214. The van der Waals surface area contributed by atoms with Crippen molar-refractivity contribution in [1.82, 2.24) is 15.0 Å². The molecule has 4 rings (SSSR count). The van der Waals surface area contributed by atoms with E-state index >= 15 is 0 Å². The average molecular weight is 340 g/mol. The molecule has 0 unspecified atom stereocenters. The molecule has 22 heavy (non-hydrogen) atoms. The summed E-state index contributed by atoms with van der Waals surface area (Å²) in [5.74, 6) is 1.30. The Labute approximate surface area is 139 Å². The van der Waals surface area contributed by atoms with Gasteiger partial charge in [0.15, 0.2) is 5.82 Å². The lowest BCUT2D eigenvalue weighted by molar-refractivity contribution is 0.455. The van der Waals surface area contributed by atoms with Gasteiger partial charge in [0.1, 0.15) is 5.69 Å². The summed E-state index contributed by atoms with van der Waals surface area (Å²) in [5, 5.41) is 13.1. The van der Waals surface area contributed by atoms with Crippen molar-refractivity contribution in [3.8, 4) is 5.88 Å². The van der Waals surface area contributed by atoms with Crippen LogP contribution in [0.4, 0.5) is 11.8 Å². The molecule has 1 aliphatic heterocycles. The van der Waals surface area contributed by atoms with Gasteiger partial charge in [-0.3, -0.25) is 0 Å². The Bertz CT molecular complexity index is 737. The van der Waals surface area contributed by atoms with Crippen LogP contribution in [0.15, 0.2) is 23.3 Å². The Balaban J connectivity index is 0.000000882. The van der Waals surface area contributed by atoms with Crippen molar-refractivity contribution in [2.45, 2.75) is 18.9 Å². The van der Waals surface area contributed by atoms with Crippen LogP contribution in [0.25, 0.3) is 11.6 Å². The molecule has 3 N–H and O–H groups in total. The number of halogens is 2. The van der Waals surface area contributed by atoms with E-state index in [1.54, 1.807) is 12.4 Å². The highest BCUT2D eigenvalue weighted by Gasteiger charge is 2.23. The van der Waals surface area contributed by atoms with Crippen LogP contribution < -0.4 is 5.32 Å². The highest BCUT2D eigenvalue weighted by Crippen LogP contribution is 2.32. The molecule has 116 valence electrons. The number of imidazole rings is 1. The van der Waals surface area contributed by atoms with Gasteiger partial charge in [-0.05, 0) is 31.1 Å². The van der Waals surface area contributed by atoms with Crippen LogP contribution in [0.3, 0.4) is 0 Å². The Kier molecular flexibility index (Phi) is 4.73. The summed E-state index contributed by atoms with van der Waals surface area (Å²) in [6, 6.07) is 4.31. The van der Waals surface area contributed by atoms with E-state index in [0.29, 0.717) is 23.5 Å². The van der Waals surface area contributed by atoms with Crippen molar-refractivity contribution in [1.29, 1.82) is 0 Å². The zero-order chi connectivity index (χ0) is 13.5. The van der Waals surface area contributed by atoms with E-state index in [9.17, 15) is 5.11 Å². The van der Waals surface area contributed by atoms with Crippen LogP contribution in [-0.4, -0.2) is 32.3 Å². The first kappa shape index (κ1) is 16.3. The monoisotopic (exact) mass is 339 g/mol. The molecule has 0 spiro atoms. The van der Waals surface area contributed by atoms with E-state index in [-0.39, 0.29) is 30.7 Å². The van der Waals surface area contributed by atoms with E-state index in [1.807, 2.05) is 18.2 Å². The summed E-state index contributed by atoms with van der Waals surface area (Å²) >= 11 is 0. The van der Waals surface area contributed by atoms with Gasteiger partial charge in [-0.1, -0.05) is 0 Å². The number of aliphatic imine (C=N–C) groups is 1. The number of anilines is 1. The molecule has 1 fully saturated rings. The third-order valence-electron chi connectivity index (χ3n) is 3.35. The number of nitrogens with one attached hydrogen (secondary N) is 2. The second-order valence-corrected chi connectivity index (χ2v) is 4.97. The molecule has 3 heterocycles. The fourth-order valence-corrected chi connectivity index (χ4v) is 2.16. The van der Waals surface area contributed by atoms with Crippen LogP contribution in [0.5, 0.6) is 5.88 Å². The van der Waals surface area contributed by atoms with E-state index in [1.165, 1.54) is 0 Å². The number of aromatic nitrogens is 3. The molecule has 0 saturated heterocycles. The summed E-state index contributed by atoms with van der Waals surface area (Å²) in [6.45, 7) is 0. The number of fused-ring (bicyclic) bond motifs is 1. The third-order valence-corrected chi connectivity index (χ3v) is 3.35. The summed E-state index contributed by atoms with van der Waals surface area (Å²) in [4.78, 5) is 15.6. The lowest BCUT2D eigenvalue weighted by Gasteiger charge is -1.98. The highest BCUT2D eigenvalue weighted by molar-refractivity contribution is 6.20. The molecule has 0 aromatic carbocycles. The van der Waals surface area contributed by atoms with Gasteiger partial charge in [-0.2, -0.15) is 4.98 Å². The molecular formula is C14H15Cl2N5O. The van der Waals surface area contributed by atoms with Crippen LogP contribution >= 0.6 is 24.8 Å². The second kappa shape index (κ2) is 6.37. The molecule has 0 amide bonds. The first-order valence-electron chi connectivity index (χ1n) is 6.56. The normalized spacial score (nSPS) is 16.8. The van der Waals surface area contributed by atoms with Gasteiger partial charge in [0, 0.05) is 29.6 Å². The standard InChI is InChI=1S/C14H13N5O.2ClH/c20-13-11(18-14(19-13)17-9-3-4-9)6-8-7-16-12-10(8)2-1-5-15-12;;/h1-2,5-7,9,20H,3-4H2,(H2,17,18,19);2*1H/b8-6+;;. The number of rotatable bonds is 3. The van der Waals surface area contributed by atoms with Gasteiger partial charge in [0.05, 0.1) is 0 Å². The van der Waals surface area contributed by atoms with Crippen molar-refractivity contribution in [2.24, 2.45) is 4.99 Å². The van der Waals surface area contributed by atoms with Crippen LogP contribution in [0.2, 0.25) is 0 Å². The minimum Gasteiger partial charge on any atom is -0.492 e. The van der Waals surface area contributed by atoms with Crippen LogP contribution in [0.1, 0.15) is 24.1 Å². The molecule has 0 radical (unpaired) electrons. The van der Waals surface area contributed by atoms with E-state index in [4.69, 9.17) is 0 Å². The van der Waals surface area contributed by atoms with Gasteiger partial charge in [-0.25, -0.2) is 9.98 Å². The van der Waals surface area contributed by atoms with Crippen LogP contribution in [0, 0.1) is 0 Å². The van der Waals surface area contributed by atoms with E-state index < -0.39 is 0 Å². The minimum absolute atomic E-state index is 0. The zero-order valence-corrected chi connectivity index (χ0v) is 13.1. The van der Waals surface area contributed by atoms with Crippen molar-refractivity contribution in [3.05, 3.63) is 29.6 Å². The molecule has 8 heteroatoms. The Morgan fingerprint density at radius 1 is 1.32 bits per heavy atom. The molecule has 0 atom stereocenters. The van der Waals surface area contributed by atoms with Crippen molar-refractivity contribution < 1.29 is 5.11 Å². The predicted molar refractivity (Wildman–Crippen MR) is 91.7 cm³/mol. The molecule has 1 saturated carbocycles. The summed E-state index contributed by atoms with van der Waals surface area (Å²) in [7, 11) is 0. The van der Waals surface area contributed by atoms with E-state index in [0.717, 1.165) is 24.0 Å². The van der Waals surface area contributed by atoms with E-state index in [2.05, 4.69) is 25.3 Å². The molecule has 2 aromatic heterocycles. The smallest absolute Gasteiger partial charge is 0.238 e. The second-order valence-electron chi connectivity index (χ2n) is 4.97. The van der Waals surface area contributed by atoms with Gasteiger partial charge >= 0.3 is 0 Å². The highest BCUT2D eigenvalue weighted by atomic mass is 35.5. The number of nitrogens with zero attached hydrogens (tertiary/aromatic N) is 3. The maximum atomic E-state index is 9.89. The third kappa shape index (κ3) is 3.08. The quantitative estimate of drug-likeness (QED) is 0.801. The van der Waals surface area contributed by atoms with Gasteiger partial charge in [-0.15, -0.1) is 24.8 Å². The number of aromatic hydroxyl groups is 1.